The van der Waals surface area contributed by atoms with Gasteiger partial charge in [0, 0.05) is 38.0 Å². The Hall–Kier alpha value is -2.17. The molecule has 2 rings (SSSR count). The van der Waals surface area contributed by atoms with E-state index in [2.05, 4.69) is 12.2 Å². The van der Waals surface area contributed by atoms with E-state index in [1.807, 2.05) is 32.0 Å². The Kier molecular flexibility index (Phi) is 9.36. The normalized spacial score (nSPS) is 16.5. The first-order valence-electron chi connectivity index (χ1n) is 11.1. The van der Waals surface area contributed by atoms with Crippen LogP contribution in [0.15, 0.2) is 18.2 Å². The fourth-order valence-corrected chi connectivity index (χ4v) is 3.87. The van der Waals surface area contributed by atoms with E-state index in [0.29, 0.717) is 25.2 Å². The van der Waals surface area contributed by atoms with Gasteiger partial charge in [-0.1, -0.05) is 43.9 Å². The van der Waals surface area contributed by atoms with Gasteiger partial charge in [0.25, 0.3) is 0 Å². The SMILES string of the molecule is CCCCCCNC(=O)C1CCCN(C(=O)CCC(=O)c2cc(C)ccc2C)C1. The number of benzene rings is 1. The fraction of sp³-hybridized carbons (Fsp3) is 0.625. The van der Waals surface area contributed by atoms with E-state index in [1.165, 1.54) is 12.8 Å². The van der Waals surface area contributed by atoms with Gasteiger partial charge in [-0.25, -0.2) is 0 Å². The van der Waals surface area contributed by atoms with E-state index in [4.69, 9.17) is 0 Å². The topological polar surface area (TPSA) is 66.5 Å². The zero-order chi connectivity index (χ0) is 21.2. The van der Waals surface area contributed by atoms with Gasteiger partial charge in [-0.3, -0.25) is 14.4 Å². The summed E-state index contributed by atoms with van der Waals surface area (Å²) in [5.74, 6) is -0.0823. The second-order valence-electron chi connectivity index (χ2n) is 8.27. The van der Waals surface area contributed by atoms with E-state index in [0.717, 1.165) is 36.8 Å². The number of hydrogen-bond acceptors (Lipinski definition) is 3. The van der Waals surface area contributed by atoms with Gasteiger partial charge in [-0.05, 0) is 44.7 Å². The predicted molar refractivity (Wildman–Crippen MR) is 116 cm³/mol. The average Bonchev–Trinajstić information content (AvgIpc) is 2.73. The van der Waals surface area contributed by atoms with E-state index in [9.17, 15) is 14.4 Å². The number of aryl methyl sites for hydroxylation is 2. The lowest BCUT2D eigenvalue weighted by Crippen LogP contribution is -2.45. The van der Waals surface area contributed by atoms with E-state index in [-0.39, 0.29) is 36.4 Å². The largest absolute Gasteiger partial charge is 0.356 e. The highest BCUT2D eigenvalue weighted by Crippen LogP contribution is 2.19. The molecular weight excluding hydrogens is 364 g/mol. The highest BCUT2D eigenvalue weighted by molar-refractivity contribution is 5.99. The van der Waals surface area contributed by atoms with Crippen LogP contribution in [0.4, 0.5) is 0 Å². The zero-order valence-electron chi connectivity index (χ0n) is 18.3. The van der Waals surface area contributed by atoms with Crippen molar-refractivity contribution in [2.75, 3.05) is 19.6 Å². The molecule has 5 heteroatoms. The van der Waals surface area contributed by atoms with Crippen molar-refractivity contribution in [3.63, 3.8) is 0 Å². The summed E-state index contributed by atoms with van der Waals surface area (Å²) >= 11 is 0. The molecule has 1 aromatic rings. The summed E-state index contributed by atoms with van der Waals surface area (Å²) in [6.45, 7) is 7.91. The second-order valence-corrected chi connectivity index (χ2v) is 8.27. The number of carbonyl (C=O) groups is 3. The van der Waals surface area contributed by atoms with Gasteiger partial charge in [0.1, 0.15) is 0 Å². The minimum atomic E-state index is -0.131. The van der Waals surface area contributed by atoms with Crippen LogP contribution in [0.3, 0.4) is 0 Å². The summed E-state index contributed by atoms with van der Waals surface area (Å²) in [4.78, 5) is 39.3. The molecule has 160 valence electrons. The molecule has 5 nitrogen and oxygen atoms in total. The number of ketones is 1. The second kappa shape index (κ2) is 11.7. The number of amides is 2. The molecule has 0 bridgehead atoms. The molecule has 1 fully saturated rings. The molecule has 0 radical (unpaired) electrons. The Morgan fingerprint density at radius 2 is 1.90 bits per heavy atom. The Labute approximate surface area is 175 Å². The minimum absolute atomic E-state index is 0.0120. The van der Waals surface area contributed by atoms with Crippen LogP contribution < -0.4 is 5.32 Å². The maximum Gasteiger partial charge on any atom is 0.224 e. The number of nitrogens with one attached hydrogen (secondary N) is 1. The van der Waals surface area contributed by atoms with Crippen LogP contribution in [-0.4, -0.2) is 42.1 Å². The Morgan fingerprint density at radius 3 is 2.66 bits per heavy atom. The van der Waals surface area contributed by atoms with Crippen molar-refractivity contribution in [1.29, 1.82) is 0 Å². The van der Waals surface area contributed by atoms with Crippen molar-refractivity contribution < 1.29 is 14.4 Å². The van der Waals surface area contributed by atoms with Crippen molar-refractivity contribution in [2.45, 2.75) is 72.1 Å². The highest BCUT2D eigenvalue weighted by Gasteiger charge is 2.28. The molecule has 0 aromatic heterocycles. The number of piperidine rings is 1. The molecule has 2 amide bonds. The lowest BCUT2D eigenvalue weighted by atomic mass is 9.96. The molecule has 1 atom stereocenters. The first kappa shape index (κ1) is 23.1. The van der Waals surface area contributed by atoms with Gasteiger partial charge in [-0.15, -0.1) is 0 Å². The number of nitrogens with zero attached hydrogens (tertiary/aromatic N) is 1. The fourth-order valence-electron chi connectivity index (χ4n) is 3.87. The summed E-state index contributed by atoms with van der Waals surface area (Å²) in [6.07, 6.45) is 6.61. The number of carbonyl (C=O) groups excluding carboxylic acids is 3. The van der Waals surface area contributed by atoms with Crippen molar-refractivity contribution in [1.82, 2.24) is 10.2 Å². The summed E-state index contributed by atoms with van der Waals surface area (Å²) in [5, 5.41) is 3.02. The molecule has 1 aliphatic rings. The molecule has 0 spiro atoms. The van der Waals surface area contributed by atoms with Crippen LogP contribution in [-0.2, 0) is 9.59 Å². The molecule has 0 saturated carbocycles. The van der Waals surface area contributed by atoms with Crippen LogP contribution in [0.1, 0.15) is 79.8 Å². The lowest BCUT2D eigenvalue weighted by molar-refractivity contribution is -0.135. The Morgan fingerprint density at radius 1 is 1.10 bits per heavy atom. The zero-order valence-corrected chi connectivity index (χ0v) is 18.3. The number of unbranched alkanes of at least 4 members (excludes halogenated alkanes) is 3. The van der Waals surface area contributed by atoms with Crippen molar-refractivity contribution >= 4 is 17.6 Å². The highest BCUT2D eigenvalue weighted by atomic mass is 16.2. The number of hydrogen-bond donors (Lipinski definition) is 1. The monoisotopic (exact) mass is 400 g/mol. The van der Waals surface area contributed by atoms with Crippen LogP contribution >= 0.6 is 0 Å². The molecule has 1 aliphatic heterocycles. The van der Waals surface area contributed by atoms with Gasteiger partial charge in [-0.2, -0.15) is 0 Å². The quantitative estimate of drug-likeness (QED) is 0.473. The van der Waals surface area contributed by atoms with Crippen LogP contribution in [0.25, 0.3) is 0 Å². The van der Waals surface area contributed by atoms with E-state index < -0.39 is 0 Å². The van der Waals surface area contributed by atoms with Crippen molar-refractivity contribution in [3.8, 4) is 0 Å². The third kappa shape index (κ3) is 7.30. The molecular formula is C24H36N2O3. The van der Waals surface area contributed by atoms with Gasteiger partial charge in [0.2, 0.25) is 11.8 Å². The van der Waals surface area contributed by atoms with Crippen LogP contribution in [0.5, 0.6) is 0 Å². The summed E-state index contributed by atoms with van der Waals surface area (Å²) in [6, 6.07) is 5.82. The number of Topliss-reactive ketones (excluding diaryl/α,β-unsaturated/α-hetero) is 1. The van der Waals surface area contributed by atoms with Crippen molar-refractivity contribution in [2.24, 2.45) is 5.92 Å². The first-order chi connectivity index (χ1) is 13.9. The summed E-state index contributed by atoms with van der Waals surface area (Å²) in [7, 11) is 0. The van der Waals surface area contributed by atoms with Crippen molar-refractivity contribution in [3.05, 3.63) is 34.9 Å². The van der Waals surface area contributed by atoms with Crippen LogP contribution in [0, 0.1) is 19.8 Å². The number of likely N-dealkylation sites (tertiary alicyclic amines) is 1. The molecule has 0 aliphatic carbocycles. The third-order valence-corrected chi connectivity index (χ3v) is 5.73. The molecule has 1 heterocycles. The predicted octanol–water partition coefficient (Wildman–Crippen LogP) is 4.20. The Bertz CT molecular complexity index is 714. The molecule has 29 heavy (non-hydrogen) atoms. The molecule has 1 unspecified atom stereocenters. The average molecular weight is 401 g/mol. The van der Waals surface area contributed by atoms with Gasteiger partial charge < -0.3 is 10.2 Å². The summed E-state index contributed by atoms with van der Waals surface area (Å²) < 4.78 is 0. The number of rotatable bonds is 10. The molecule has 1 aromatic carbocycles. The Balaban J connectivity index is 1.79. The summed E-state index contributed by atoms with van der Waals surface area (Å²) in [5.41, 5.74) is 2.70. The van der Waals surface area contributed by atoms with E-state index in [1.54, 1.807) is 4.90 Å². The van der Waals surface area contributed by atoms with Crippen LogP contribution in [0.2, 0.25) is 0 Å². The van der Waals surface area contributed by atoms with Gasteiger partial charge >= 0.3 is 0 Å². The maximum atomic E-state index is 12.6. The van der Waals surface area contributed by atoms with Gasteiger partial charge in [0.05, 0.1) is 5.92 Å². The van der Waals surface area contributed by atoms with E-state index >= 15 is 0 Å². The standard InChI is InChI=1S/C24H36N2O3/c1-4-5-6-7-14-25-24(29)20-9-8-15-26(17-20)23(28)13-12-22(27)21-16-18(2)10-11-19(21)3/h10-11,16,20H,4-9,12-15,17H2,1-3H3,(H,25,29). The maximum absolute atomic E-state index is 12.6. The third-order valence-electron chi connectivity index (χ3n) is 5.73. The molecule has 1 saturated heterocycles. The molecule has 1 N–H and O–H groups in total. The lowest BCUT2D eigenvalue weighted by Gasteiger charge is -2.32. The smallest absolute Gasteiger partial charge is 0.224 e. The first-order valence-corrected chi connectivity index (χ1v) is 11.1. The van der Waals surface area contributed by atoms with Gasteiger partial charge in [0.15, 0.2) is 5.78 Å². The minimum Gasteiger partial charge on any atom is -0.356 e.